The van der Waals surface area contributed by atoms with E-state index in [9.17, 15) is 9.50 Å². The molecule has 37 heavy (non-hydrogen) atoms. The van der Waals surface area contributed by atoms with Crippen molar-refractivity contribution >= 4 is 16.3 Å². The molecule has 0 amide bonds. The van der Waals surface area contributed by atoms with E-state index in [0.717, 1.165) is 36.6 Å². The Bertz CT molecular complexity index is 1440. The van der Waals surface area contributed by atoms with Crippen LogP contribution in [0.3, 0.4) is 0 Å². The summed E-state index contributed by atoms with van der Waals surface area (Å²) in [6, 6.07) is 27.8. The summed E-state index contributed by atoms with van der Waals surface area (Å²) in [5.74, 6) is 0.445. The molecule has 0 saturated carbocycles. The first-order valence-electron chi connectivity index (χ1n) is 12.5. The average molecular weight is 514 g/mol. The molecule has 0 unspecified atom stereocenters. The van der Waals surface area contributed by atoms with Crippen molar-refractivity contribution in [2.75, 3.05) is 26.2 Å². The molecule has 1 aliphatic heterocycles. The van der Waals surface area contributed by atoms with Gasteiger partial charge in [0.1, 0.15) is 11.6 Å². The molecule has 2 aromatic heterocycles. The molecule has 0 radical (unpaired) electrons. The highest BCUT2D eigenvalue weighted by Gasteiger charge is 2.34. The first-order valence-corrected chi connectivity index (χ1v) is 13.3. The van der Waals surface area contributed by atoms with Crippen LogP contribution in [-0.4, -0.2) is 55.7 Å². The van der Waals surface area contributed by atoms with Gasteiger partial charge in [0.2, 0.25) is 10.8 Å². The summed E-state index contributed by atoms with van der Waals surface area (Å²) in [7, 11) is 0. The lowest BCUT2D eigenvalue weighted by molar-refractivity contribution is 0.0899. The van der Waals surface area contributed by atoms with Gasteiger partial charge in [-0.05, 0) is 35.7 Å². The van der Waals surface area contributed by atoms with Gasteiger partial charge in [0.25, 0.3) is 0 Å². The van der Waals surface area contributed by atoms with Crippen LogP contribution in [0, 0.1) is 12.7 Å². The van der Waals surface area contributed by atoms with Gasteiger partial charge < -0.3 is 5.11 Å². The van der Waals surface area contributed by atoms with Gasteiger partial charge in [0.05, 0.1) is 17.0 Å². The number of hydrogen-bond acceptors (Lipinski definition) is 6. The fourth-order valence-corrected chi connectivity index (χ4v) is 6.50. The Labute approximate surface area is 219 Å². The third kappa shape index (κ3) is 4.64. The van der Waals surface area contributed by atoms with Crippen LogP contribution in [0.25, 0.3) is 4.96 Å². The van der Waals surface area contributed by atoms with E-state index in [1.165, 1.54) is 39.1 Å². The molecule has 1 atom stereocenters. The molecular weight excluding hydrogens is 485 g/mol. The molecule has 6 rings (SSSR count). The number of nitrogens with zero attached hydrogens (tertiary/aromatic N) is 5. The minimum Gasteiger partial charge on any atom is -0.492 e. The Morgan fingerprint density at radius 3 is 1.81 bits per heavy atom. The molecule has 6 nitrogen and oxygen atoms in total. The first kappa shape index (κ1) is 23.8. The van der Waals surface area contributed by atoms with Crippen molar-refractivity contribution in [3.05, 3.63) is 118 Å². The average Bonchev–Trinajstić information content (AvgIpc) is 3.44. The maximum atomic E-state index is 13.8. The molecule has 1 saturated heterocycles. The first-order chi connectivity index (χ1) is 18.1. The molecular formula is C29H28FN5OS. The number of aromatic hydroxyl groups is 1. The fourth-order valence-electron chi connectivity index (χ4n) is 5.34. The van der Waals surface area contributed by atoms with Crippen LogP contribution in [0.4, 0.5) is 4.39 Å². The number of aryl methyl sites for hydroxylation is 1. The second-order valence-corrected chi connectivity index (χ2v) is 10.4. The van der Waals surface area contributed by atoms with E-state index in [1.807, 2.05) is 19.1 Å². The quantitative estimate of drug-likeness (QED) is 0.328. The molecule has 1 N–H and O–H groups in total. The lowest BCUT2D eigenvalue weighted by Crippen LogP contribution is -2.49. The minimum absolute atomic E-state index is 0.101. The number of thiazole rings is 1. The van der Waals surface area contributed by atoms with E-state index in [0.29, 0.717) is 10.8 Å². The molecule has 3 aromatic carbocycles. The fraction of sp³-hybridized carbons (Fsp3) is 0.241. The van der Waals surface area contributed by atoms with Crippen LogP contribution >= 0.6 is 11.3 Å². The van der Waals surface area contributed by atoms with Gasteiger partial charge in [0, 0.05) is 26.2 Å². The number of piperazine rings is 1. The SMILES string of the molecule is Cc1nc2sc([C@@H](c3ccc(F)cc3)N3CCN(C(c4ccccc4)c4ccccc4)CC3)c(O)n2n1. The molecule has 1 aliphatic rings. The van der Waals surface area contributed by atoms with Gasteiger partial charge in [-0.25, -0.2) is 9.37 Å². The predicted molar refractivity (Wildman–Crippen MR) is 143 cm³/mol. The van der Waals surface area contributed by atoms with Crippen molar-refractivity contribution in [1.82, 2.24) is 24.4 Å². The molecule has 188 valence electrons. The zero-order valence-electron chi connectivity index (χ0n) is 20.5. The van der Waals surface area contributed by atoms with Crippen LogP contribution in [0.15, 0.2) is 84.9 Å². The highest BCUT2D eigenvalue weighted by Crippen LogP contribution is 2.41. The number of aromatic nitrogens is 3. The van der Waals surface area contributed by atoms with E-state index in [-0.39, 0.29) is 23.8 Å². The Morgan fingerprint density at radius 1 is 0.757 bits per heavy atom. The minimum atomic E-state index is -0.275. The van der Waals surface area contributed by atoms with Crippen molar-refractivity contribution in [2.24, 2.45) is 0 Å². The third-order valence-corrected chi connectivity index (χ3v) is 8.12. The number of halogens is 1. The molecule has 5 aromatic rings. The lowest BCUT2D eigenvalue weighted by Gasteiger charge is -2.42. The van der Waals surface area contributed by atoms with Crippen LogP contribution in [-0.2, 0) is 0 Å². The highest BCUT2D eigenvalue weighted by molar-refractivity contribution is 7.17. The van der Waals surface area contributed by atoms with Gasteiger partial charge in [-0.3, -0.25) is 9.80 Å². The van der Waals surface area contributed by atoms with E-state index >= 15 is 0 Å². The Balaban J connectivity index is 1.32. The number of hydrogen-bond donors (Lipinski definition) is 1. The monoisotopic (exact) mass is 513 g/mol. The standard InChI is InChI=1S/C29H28FN5OS/c1-20-31-29-35(32-20)28(36)27(37-29)26(23-12-14-24(30)15-13-23)34-18-16-33(17-19-34)25(21-8-4-2-5-9-21)22-10-6-3-7-11-22/h2-15,25-26,36H,16-19H2,1H3/t26-/m1/s1. The van der Waals surface area contributed by atoms with Crippen molar-refractivity contribution in [3.8, 4) is 5.88 Å². The third-order valence-electron chi connectivity index (χ3n) is 7.05. The molecule has 0 spiro atoms. The van der Waals surface area contributed by atoms with Crippen molar-refractivity contribution in [1.29, 1.82) is 0 Å². The second kappa shape index (κ2) is 10.0. The summed E-state index contributed by atoms with van der Waals surface area (Å²) < 4.78 is 15.3. The van der Waals surface area contributed by atoms with Gasteiger partial charge in [-0.2, -0.15) is 4.52 Å². The lowest BCUT2D eigenvalue weighted by atomic mass is 9.96. The Kier molecular flexibility index (Phi) is 6.46. The van der Waals surface area contributed by atoms with Crippen molar-refractivity contribution in [3.63, 3.8) is 0 Å². The van der Waals surface area contributed by atoms with Crippen LogP contribution in [0.2, 0.25) is 0 Å². The summed E-state index contributed by atoms with van der Waals surface area (Å²) in [5.41, 5.74) is 3.49. The zero-order valence-corrected chi connectivity index (χ0v) is 21.4. The topological polar surface area (TPSA) is 56.9 Å². The van der Waals surface area contributed by atoms with Gasteiger partial charge in [0.15, 0.2) is 0 Å². The van der Waals surface area contributed by atoms with Gasteiger partial charge >= 0.3 is 0 Å². The molecule has 8 heteroatoms. The molecule has 0 aliphatic carbocycles. The van der Waals surface area contributed by atoms with Gasteiger partial charge in [-0.1, -0.05) is 84.1 Å². The highest BCUT2D eigenvalue weighted by atomic mass is 32.1. The van der Waals surface area contributed by atoms with E-state index in [2.05, 4.69) is 80.5 Å². The Morgan fingerprint density at radius 2 is 1.27 bits per heavy atom. The second-order valence-electron chi connectivity index (χ2n) is 9.39. The van der Waals surface area contributed by atoms with Crippen LogP contribution < -0.4 is 0 Å². The van der Waals surface area contributed by atoms with E-state index < -0.39 is 0 Å². The largest absolute Gasteiger partial charge is 0.492 e. The Hall–Kier alpha value is -3.59. The zero-order chi connectivity index (χ0) is 25.4. The van der Waals surface area contributed by atoms with Crippen LogP contribution in [0.1, 0.15) is 39.5 Å². The summed E-state index contributed by atoms with van der Waals surface area (Å²) in [4.78, 5) is 10.8. The molecule has 1 fully saturated rings. The summed E-state index contributed by atoms with van der Waals surface area (Å²) in [5, 5.41) is 15.5. The smallest absolute Gasteiger partial charge is 0.230 e. The molecule has 3 heterocycles. The van der Waals surface area contributed by atoms with Crippen molar-refractivity contribution < 1.29 is 9.50 Å². The summed E-state index contributed by atoms with van der Waals surface area (Å²) in [6.07, 6.45) is 0. The maximum absolute atomic E-state index is 13.8. The normalized spacial score (nSPS) is 16.0. The summed E-state index contributed by atoms with van der Waals surface area (Å²) >= 11 is 1.44. The van der Waals surface area contributed by atoms with E-state index in [1.54, 1.807) is 0 Å². The van der Waals surface area contributed by atoms with Crippen molar-refractivity contribution in [2.45, 2.75) is 19.0 Å². The molecule has 0 bridgehead atoms. The van der Waals surface area contributed by atoms with E-state index in [4.69, 9.17) is 0 Å². The maximum Gasteiger partial charge on any atom is 0.230 e. The number of fused-ring (bicyclic) bond motifs is 1. The summed E-state index contributed by atoms with van der Waals surface area (Å²) in [6.45, 7) is 5.11. The van der Waals surface area contributed by atoms with Crippen LogP contribution in [0.5, 0.6) is 5.88 Å². The predicted octanol–water partition coefficient (Wildman–Crippen LogP) is 5.44. The number of benzene rings is 3. The number of rotatable bonds is 6. The van der Waals surface area contributed by atoms with Gasteiger partial charge in [-0.15, -0.1) is 5.10 Å².